The van der Waals surface area contributed by atoms with Gasteiger partial charge in [0.1, 0.15) is 0 Å². The van der Waals surface area contributed by atoms with Crippen LogP contribution < -0.4 is 5.73 Å². The van der Waals surface area contributed by atoms with Crippen molar-refractivity contribution in [3.63, 3.8) is 0 Å². The number of hydrogen-bond donors (Lipinski definition) is 2. The number of amides is 1. The third-order valence-electron chi connectivity index (χ3n) is 2.44. The van der Waals surface area contributed by atoms with Gasteiger partial charge in [0, 0.05) is 13.1 Å². The van der Waals surface area contributed by atoms with Crippen LogP contribution in [0.15, 0.2) is 0 Å². The fourth-order valence-corrected chi connectivity index (χ4v) is 1.63. The Kier molecular flexibility index (Phi) is 3.69. The molecule has 0 aliphatic carbocycles. The monoisotopic (exact) mass is 186 g/mol. The molecule has 0 saturated carbocycles. The van der Waals surface area contributed by atoms with E-state index < -0.39 is 6.10 Å². The molecule has 0 radical (unpaired) electrons. The molecule has 0 bridgehead atoms. The second-order valence-corrected chi connectivity index (χ2v) is 3.78. The molecule has 4 nitrogen and oxygen atoms in total. The Bertz CT molecular complexity index is 182. The van der Waals surface area contributed by atoms with Gasteiger partial charge in [-0.2, -0.15) is 0 Å². The molecule has 76 valence electrons. The van der Waals surface area contributed by atoms with Gasteiger partial charge in [-0.05, 0) is 25.8 Å². The lowest BCUT2D eigenvalue weighted by molar-refractivity contribution is -0.132. The molecule has 1 aliphatic heterocycles. The van der Waals surface area contributed by atoms with Crippen molar-refractivity contribution in [1.82, 2.24) is 4.90 Å². The molecule has 4 heteroatoms. The zero-order valence-electron chi connectivity index (χ0n) is 8.07. The highest BCUT2D eigenvalue weighted by Crippen LogP contribution is 2.15. The van der Waals surface area contributed by atoms with Crippen LogP contribution >= 0.6 is 0 Å². The van der Waals surface area contributed by atoms with Crippen LogP contribution in [0.1, 0.15) is 19.8 Å². The summed E-state index contributed by atoms with van der Waals surface area (Å²) in [6.07, 6.45) is 0.698. The molecule has 1 saturated heterocycles. The van der Waals surface area contributed by atoms with Crippen LogP contribution in [0.25, 0.3) is 0 Å². The summed E-state index contributed by atoms with van der Waals surface area (Å²) < 4.78 is 0. The number of hydrogen-bond acceptors (Lipinski definition) is 3. The van der Waals surface area contributed by atoms with E-state index in [2.05, 4.69) is 0 Å². The topological polar surface area (TPSA) is 66.6 Å². The van der Waals surface area contributed by atoms with E-state index in [0.717, 1.165) is 19.5 Å². The summed E-state index contributed by atoms with van der Waals surface area (Å²) in [6, 6.07) is 0. The third-order valence-corrected chi connectivity index (χ3v) is 2.44. The molecule has 13 heavy (non-hydrogen) atoms. The van der Waals surface area contributed by atoms with Gasteiger partial charge in [0.25, 0.3) is 0 Å². The SMILES string of the molecule is CC(O)CC(=O)N1CCC(CN)C1. The van der Waals surface area contributed by atoms with Crippen LogP contribution in [-0.4, -0.2) is 41.7 Å². The van der Waals surface area contributed by atoms with Crippen molar-refractivity contribution in [2.45, 2.75) is 25.9 Å². The van der Waals surface area contributed by atoms with Gasteiger partial charge in [-0.25, -0.2) is 0 Å². The standard InChI is InChI=1S/C9H18N2O2/c1-7(12)4-9(13)11-3-2-8(5-10)6-11/h7-8,12H,2-6,10H2,1H3. The zero-order valence-corrected chi connectivity index (χ0v) is 8.07. The molecule has 1 fully saturated rings. The zero-order chi connectivity index (χ0) is 9.84. The molecule has 1 aliphatic rings. The van der Waals surface area contributed by atoms with Crippen molar-refractivity contribution in [3.8, 4) is 0 Å². The highest BCUT2D eigenvalue weighted by atomic mass is 16.3. The maximum Gasteiger partial charge on any atom is 0.225 e. The number of aliphatic hydroxyl groups is 1. The first kappa shape index (κ1) is 10.5. The van der Waals surface area contributed by atoms with Crippen LogP contribution in [-0.2, 0) is 4.79 Å². The largest absolute Gasteiger partial charge is 0.393 e. The van der Waals surface area contributed by atoms with Gasteiger partial charge in [-0.3, -0.25) is 4.79 Å². The predicted molar refractivity (Wildman–Crippen MR) is 50.0 cm³/mol. The maximum atomic E-state index is 11.4. The molecule has 0 aromatic rings. The summed E-state index contributed by atoms with van der Waals surface area (Å²) in [6.45, 7) is 3.85. The van der Waals surface area contributed by atoms with E-state index in [1.54, 1.807) is 11.8 Å². The number of carbonyl (C=O) groups is 1. The van der Waals surface area contributed by atoms with Gasteiger partial charge in [0.2, 0.25) is 5.91 Å². The van der Waals surface area contributed by atoms with Crippen molar-refractivity contribution < 1.29 is 9.90 Å². The van der Waals surface area contributed by atoms with Crippen LogP contribution in [0.4, 0.5) is 0 Å². The average molecular weight is 186 g/mol. The van der Waals surface area contributed by atoms with Crippen molar-refractivity contribution >= 4 is 5.91 Å². The fourth-order valence-electron chi connectivity index (χ4n) is 1.63. The lowest BCUT2D eigenvalue weighted by atomic mass is 10.1. The minimum atomic E-state index is -0.538. The summed E-state index contributed by atoms with van der Waals surface area (Å²) in [5.41, 5.74) is 5.51. The summed E-state index contributed by atoms with van der Waals surface area (Å²) >= 11 is 0. The maximum absolute atomic E-state index is 11.4. The van der Waals surface area contributed by atoms with Gasteiger partial charge in [-0.15, -0.1) is 0 Å². The molecule has 2 unspecified atom stereocenters. The van der Waals surface area contributed by atoms with Crippen molar-refractivity contribution in [1.29, 1.82) is 0 Å². The number of aliphatic hydroxyl groups excluding tert-OH is 1. The first-order chi connectivity index (χ1) is 6.13. The Hall–Kier alpha value is -0.610. The second kappa shape index (κ2) is 4.58. The first-order valence-corrected chi connectivity index (χ1v) is 4.79. The molecule has 2 atom stereocenters. The summed E-state index contributed by atoms with van der Waals surface area (Å²) in [5, 5.41) is 9.03. The normalized spacial score (nSPS) is 24.8. The number of rotatable bonds is 3. The van der Waals surface area contributed by atoms with Crippen LogP contribution in [0, 0.1) is 5.92 Å². The second-order valence-electron chi connectivity index (χ2n) is 3.78. The van der Waals surface area contributed by atoms with E-state index >= 15 is 0 Å². The quantitative estimate of drug-likeness (QED) is 0.628. The predicted octanol–water partition coefficient (Wildman–Crippen LogP) is -0.435. The van der Waals surface area contributed by atoms with E-state index in [1.807, 2.05) is 0 Å². The molecule has 0 aromatic heterocycles. The summed E-state index contributed by atoms with van der Waals surface area (Å²) in [5.74, 6) is 0.504. The highest BCUT2D eigenvalue weighted by Gasteiger charge is 2.25. The molecular formula is C9H18N2O2. The molecule has 0 aromatic carbocycles. The van der Waals surface area contributed by atoms with E-state index in [9.17, 15) is 4.79 Å². The van der Waals surface area contributed by atoms with Crippen molar-refractivity contribution in [2.75, 3.05) is 19.6 Å². The Morgan fingerprint density at radius 3 is 2.92 bits per heavy atom. The van der Waals surface area contributed by atoms with Crippen molar-refractivity contribution in [2.24, 2.45) is 11.7 Å². The van der Waals surface area contributed by atoms with Gasteiger partial charge in [0.15, 0.2) is 0 Å². The van der Waals surface area contributed by atoms with E-state index in [-0.39, 0.29) is 12.3 Å². The highest BCUT2D eigenvalue weighted by molar-refractivity contribution is 5.76. The number of likely N-dealkylation sites (tertiary alicyclic amines) is 1. The Morgan fingerprint density at radius 2 is 2.46 bits per heavy atom. The molecule has 1 rings (SSSR count). The minimum absolute atomic E-state index is 0.0472. The van der Waals surface area contributed by atoms with Gasteiger partial charge in [-0.1, -0.05) is 0 Å². The van der Waals surface area contributed by atoms with Crippen LogP contribution in [0.3, 0.4) is 0 Å². The van der Waals surface area contributed by atoms with Gasteiger partial charge >= 0.3 is 0 Å². The average Bonchev–Trinajstić information content (AvgIpc) is 2.50. The smallest absolute Gasteiger partial charge is 0.225 e. The Labute approximate surface area is 78.7 Å². The number of nitrogens with zero attached hydrogens (tertiary/aromatic N) is 1. The number of carbonyl (C=O) groups excluding carboxylic acids is 1. The Morgan fingerprint density at radius 1 is 1.77 bits per heavy atom. The molecule has 1 amide bonds. The fraction of sp³-hybridized carbons (Fsp3) is 0.889. The van der Waals surface area contributed by atoms with E-state index in [4.69, 9.17) is 10.8 Å². The number of nitrogens with two attached hydrogens (primary N) is 1. The molecule has 1 heterocycles. The van der Waals surface area contributed by atoms with Crippen molar-refractivity contribution in [3.05, 3.63) is 0 Å². The minimum Gasteiger partial charge on any atom is -0.393 e. The third kappa shape index (κ3) is 2.97. The summed E-state index contributed by atoms with van der Waals surface area (Å²) in [4.78, 5) is 13.2. The molecule has 0 spiro atoms. The van der Waals surface area contributed by atoms with Crippen LogP contribution in [0.2, 0.25) is 0 Å². The molecular weight excluding hydrogens is 168 g/mol. The van der Waals surface area contributed by atoms with Crippen LogP contribution in [0.5, 0.6) is 0 Å². The van der Waals surface area contributed by atoms with Gasteiger partial charge < -0.3 is 15.7 Å². The first-order valence-electron chi connectivity index (χ1n) is 4.79. The lowest BCUT2D eigenvalue weighted by Gasteiger charge is -2.16. The van der Waals surface area contributed by atoms with E-state index in [0.29, 0.717) is 12.5 Å². The van der Waals surface area contributed by atoms with Gasteiger partial charge in [0.05, 0.1) is 12.5 Å². The lowest BCUT2D eigenvalue weighted by Crippen LogP contribution is -2.31. The summed E-state index contributed by atoms with van der Waals surface area (Å²) in [7, 11) is 0. The molecule has 3 N–H and O–H groups in total. The Balaban J connectivity index is 2.33. The van der Waals surface area contributed by atoms with E-state index in [1.165, 1.54) is 0 Å².